The SMILES string of the molecule is Nc1ccc(C(=O)c2ccc(O)c(C(=O)O)c2)cc1. The first kappa shape index (κ1) is 12.6. The van der Waals surface area contributed by atoms with E-state index in [4.69, 9.17) is 10.8 Å². The summed E-state index contributed by atoms with van der Waals surface area (Å²) in [7, 11) is 0. The van der Waals surface area contributed by atoms with Crippen molar-refractivity contribution >= 4 is 17.4 Å². The Hall–Kier alpha value is -2.82. The molecule has 0 aromatic heterocycles. The van der Waals surface area contributed by atoms with Crippen molar-refractivity contribution in [3.63, 3.8) is 0 Å². The molecule has 4 N–H and O–H groups in total. The van der Waals surface area contributed by atoms with Crippen molar-refractivity contribution in [1.29, 1.82) is 0 Å². The van der Waals surface area contributed by atoms with E-state index in [2.05, 4.69) is 0 Å². The third kappa shape index (κ3) is 2.55. The van der Waals surface area contributed by atoms with E-state index in [0.29, 0.717) is 11.3 Å². The van der Waals surface area contributed by atoms with Crippen LogP contribution in [-0.4, -0.2) is 22.0 Å². The second-order valence-corrected chi connectivity index (χ2v) is 3.99. The third-order valence-electron chi connectivity index (χ3n) is 2.66. The van der Waals surface area contributed by atoms with E-state index in [-0.39, 0.29) is 22.7 Å². The molecule has 0 radical (unpaired) electrons. The molecule has 19 heavy (non-hydrogen) atoms. The molecule has 0 amide bonds. The maximum atomic E-state index is 12.1. The van der Waals surface area contributed by atoms with Crippen LogP contribution in [0.15, 0.2) is 42.5 Å². The number of anilines is 1. The summed E-state index contributed by atoms with van der Waals surface area (Å²) in [5.41, 5.74) is 6.35. The van der Waals surface area contributed by atoms with Gasteiger partial charge in [-0.15, -0.1) is 0 Å². The van der Waals surface area contributed by atoms with Crippen molar-refractivity contribution in [2.75, 3.05) is 5.73 Å². The van der Waals surface area contributed by atoms with Crippen LogP contribution in [0.4, 0.5) is 5.69 Å². The fraction of sp³-hybridized carbons (Fsp3) is 0. The highest BCUT2D eigenvalue weighted by Gasteiger charge is 2.15. The standard InChI is InChI=1S/C14H11NO4/c15-10-4-1-8(2-5-10)13(17)9-3-6-12(16)11(7-9)14(18)19/h1-7,16H,15H2,(H,18,19). The lowest BCUT2D eigenvalue weighted by molar-refractivity contribution is 0.0693. The largest absolute Gasteiger partial charge is 0.507 e. The number of aromatic hydroxyl groups is 1. The Balaban J connectivity index is 2.42. The third-order valence-corrected chi connectivity index (χ3v) is 2.66. The van der Waals surface area contributed by atoms with Gasteiger partial charge in [-0.3, -0.25) is 4.79 Å². The molecule has 0 aliphatic heterocycles. The van der Waals surface area contributed by atoms with Crippen LogP contribution < -0.4 is 5.73 Å². The molecule has 0 heterocycles. The van der Waals surface area contributed by atoms with E-state index < -0.39 is 5.97 Å². The van der Waals surface area contributed by atoms with E-state index >= 15 is 0 Å². The molecule has 0 atom stereocenters. The molecule has 0 aliphatic rings. The average Bonchev–Trinajstić information content (AvgIpc) is 2.39. The molecular weight excluding hydrogens is 246 g/mol. The number of hydrogen-bond acceptors (Lipinski definition) is 4. The predicted molar refractivity (Wildman–Crippen MR) is 69.4 cm³/mol. The zero-order chi connectivity index (χ0) is 14.0. The zero-order valence-corrected chi connectivity index (χ0v) is 9.83. The first-order chi connectivity index (χ1) is 8.99. The van der Waals surface area contributed by atoms with Crippen LogP contribution in [0.3, 0.4) is 0 Å². The fourth-order valence-electron chi connectivity index (χ4n) is 1.65. The van der Waals surface area contributed by atoms with Crippen LogP contribution >= 0.6 is 0 Å². The first-order valence-corrected chi connectivity index (χ1v) is 5.45. The Morgan fingerprint density at radius 3 is 2.11 bits per heavy atom. The van der Waals surface area contributed by atoms with Crippen molar-refractivity contribution in [3.8, 4) is 5.75 Å². The molecule has 2 aromatic carbocycles. The first-order valence-electron chi connectivity index (χ1n) is 5.45. The Bertz CT molecular complexity index is 647. The zero-order valence-electron chi connectivity index (χ0n) is 9.83. The fourth-order valence-corrected chi connectivity index (χ4v) is 1.65. The van der Waals surface area contributed by atoms with Gasteiger partial charge in [0, 0.05) is 16.8 Å². The van der Waals surface area contributed by atoms with Gasteiger partial charge in [-0.1, -0.05) is 0 Å². The highest BCUT2D eigenvalue weighted by atomic mass is 16.4. The maximum absolute atomic E-state index is 12.1. The number of aromatic carboxylic acids is 1. The van der Waals surface area contributed by atoms with Gasteiger partial charge in [-0.2, -0.15) is 0 Å². The van der Waals surface area contributed by atoms with Crippen molar-refractivity contribution < 1.29 is 19.8 Å². The molecule has 0 unspecified atom stereocenters. The lowest BCUT2D eigenvalue weighted by Gasteiger charge is -2.04. The van der Waals surface area contributed by atoms with Crippen LogP contribution in [-0.2, 0) is 0 Å². The molecule has 5 nitrogen and oxygen atoms in total. The Labute approximate surface area is 108 Å². The van der Waals surface area contributed by atoms with Gasteiger partial charge in [0.1, 0.15) is 11.3 Å². The van der Waals surface area contributed by atoms with Crippen LogP contribution in [0.2, 0.25) is 0 Å². The van der Waals surface area contributed by atoms with Gasteiger partial charge in [-0.25, -0.2) is 4.79 Å². The number of carbonyl (C=O) groups excluding carboxylic acids is 1. The summed E-state index contributed by atoms with van der Waals surface area (Å²) >= 11 is 0. The van der Waals surface area contributed by atoms with Crippen LogP contribution in [0.5, 0.6) is 5.75 Å². The molecule has 0 fully saturated rings. The minimum atomic E-state index is -1.29. The topological polar surface area (TPSA) is 101 Å². The summed E-state index contributed by atoms with van der Waals surface area (Å²) in [6.45, 7) is 0. The van der Waals surface area contributed by atoms with Crippen molar-refractivity contribution in [2.45, 2.75) is 0 Å². The minimum Gasteiger partial charge on any atom is -0.507 e. The molecule has 2 rings (SSSR count). The quantitative estimate of drug-likeness (QED) is 0.576. The van der Waals surface area contributed by atoms with E-state index in [1.165, 1.54) is 12.1 Å². The van der Waals surface area contributed by atoms with Gasteiger partial charge in [0.05, 0.1) is 0 Å². The van der Waals surface area contributed by atoms with Crippen molar-refractivity contribution in [1.82, 2.24) is 0 Å². The highest BCUT2D eigenvalue weighted by Crippen LogP contribution is 2.20. The Morgan fingerprint density at radius 2 is 1.53 bits per heavy atom. The molecule has 0 bridgehead atoms. The highest BCUT2D eigenvalue weighted by molar-refractivity contribution is 6.10. The molecule has 5 heteroatoms. The number of carboxylic acids is 1. The number of phenols is 1. The second-order valence-electron chi connectivity index (χ2n) is 3.99. The van der Waals surface area contributed by atoms with Crippen molar-refractivity contribution in [3.05, 3.63) is 59.2 Å². The van der Waals surface area contributed by atoms with Gasteiger partial charge in [0.15, 0.2) is 5.78 Å². The summed E-state index contributed by atoms with van der Waals surface area (Å²) in [5, 5.41) is 18.3. The lowest BCUT2D eigenvalue weighted by Crippen LogP contribution is -2.04. The molecule has 96 valence electrons. The summed E-state index contributed by atoms with van der Waals surface area (Å²) < 4.78 is 0. The van der Waals surface area contributed by atoms with Crippen molar-refractivity contribution in [2.24, 2.45) is 0 Å². The summed E-state index contributed by atoms with van der Waals surface area (Å²) in [4.78, 5) is 23.0. The number of carbonyl (C=O) groups is 2. The molecule has 0 aliphatic carbocycles. The van der Waals surface area contributed by atoms with Gasteiger partial charge in [0.2, 0.25) is 0 Å². The number of ketones is 1. The Kier molecular flexibility index (Phi) is 3.20. The minimum absolute atomic E-state index is 0.194. The van der Waals surface area contributed by atoms with Crippen LogP contribution in [0.1, 0.15) is 26.3 Å². The van der Waals surface area contributed by atoms with E-state index in [0.717, 1.165) is 6.07 Å². The molecule has 0 saturated heterocycles. The summed E-state index contributed by atoms with van der Waals surface area (Å²) in [6.07, 6.45) is 0. The molecule has 0 spiro atoms. The molecule has 0 saturated carbocycles. The Morgan fingerprint density at radius 1 is 0.947 bits per heavy atom. The maximum Gasteiger partial charge on any atom is 0.339 e. The number of nitrogens with two attached hydrogens (primary N) is 1. The van der Waals surface area contributed by atoms with Gasteiger partial charge >= 0.3 is 5.97 Å². The predicted octanol–water partition coefficient (Wildman–Crippen LogP) is 1.90. The monoisotopic (exact) mass is 257 g/mol. The number of hydrogen-bond donors (Lipinski definition) is 3. The number of carboxylic acid groups (broad SMARTS) is 1. The smallest absolute Gasteiger partial charge is 0.339 e. The summed E-state index contributed by atoms with van der Waals surface area (Å²) in [5.74, 6) is -1.99. The van der Waals surface area contributed by atoms with E-state index in [9.17, 15) is 14.7 Å². The second kappa shape index (κ2) is 4.81. The lowest BCUT2D eigenvalue weighted by atomic mass is 10.0. The molecule has 2 aromatic rings. The van der Waals surface area contributed by atoms with E-state index in [1.54, 1.807) is 24.3 Å². The number of nitrogen functional groups attached to an aromatic ring is 1. The normalized spacial score (nSPS) is 10.1. The summed E-state index contributed by atoms with van der Waals surface area (Å²) in [6, 6.07) is 10.0. The van der Waals surface area contributed by atoms with E-state index in [1.807, 2.05) is 0 Å². The molecular formula is C14H11NO4. The number of benzene rings is 2. The number of rotatable bonds is 3. The van der Waals surface area contributed by atoms with Gasteiger partial charge in [-0.05, 0) is 42.5 Å². The van der Waals surface area contributed by atoms with Gasteiger partial charge in [0.25, 0.3) is 0 Å². The van der Waals surface area contributed by atoms with Crippen LogP contribution in [0, 0.1) is 0 Å². The average molecular weight is 257 g/mol. The van der Waals surface area contributed by atoms with Crippen LogP contribution in [0.25, 0.3) is 0 Å². The van der Waals surface area contributed by atoms with Gasteiger partial charge < -0.3 is 15.9 Å².